The Balaban J connectivity index is 4.84. The van der Waals surface area contributed by atoms with E-state index in [-0.39, 0.29) is 11.6 Å². The van der Waals surface area contributed by atoms with Crippen molar-refractivity contribution in [2.45, 2.75) is 52.6 Å². The molecule has 0 bridgehead atoms. The summed E-state index contributed by atoms with van der Waals surface area (Å²) >= 11 is 0. The topological polar surface area (TPSA) is 29.3 Å². The molecule has 0 aliphatic rings. The summed E-state index contributed by atoms with van der Waals surface area (Å²) in [5, 5.41) is 0. The summed E-state index contributed by atoms with van der Waals surface area (Å²) in [5.74, 6) is 0. The molecule has 0 aromatic carbocycles. The Morgan fingerprint density at radius 3 is 2.00 bits per heavy atom. The zero-order valence-electron chi connectivity index (χ0n) is 10.4. The summed E-state index contributed by atoms with van der Waals surface area (Å²) in [7, 11) is 0. The highest BCUT2D eigenvalue weighted by molar-refractivity contribution is 5.11. The Morgan fingerprint density at radius 1 is 1.36 bits per heavy atom. The van der Waals surface area contributed by atoms with E-state index in [9.17, 15) is 0 Å². The lowest BCUT2D eigenvalue weighted by molar-refractivity contribution is 0.0957. The van der Waals surface area contributed by atoms with Crippen molar-refractivity contribution in [1.29, 1.82) is 0 Å². The maximum Gasteiger partial charge on any atom is 0.0433 e. The van der Waals surface area contributed by atoms with Crippen molar-refractivity contribution < 1.29 is 0 Å². The van der Waals surface area contributed by atoms with Gasteiger partial charge in [-0.3, -0.25) is 4.90 Å². The predicted molar refractivity (Wildman–Crippen MR) is 64.4 cm³/mol. The van der Waals surface area contributed by atoms with Crippen molar-refractivity contribution in [3.8, 4) is 0 Å². The Bertz CT molecular complexity index is 185. The first-order valence-corrected chi connectivity index (χ1v) is 5.60. The number of hydrogen-bond donors (Lipinski definition) is 1. The second kappa shape index (κ2) is 5.52. The average Bonchev–Trinajstić information content (AvgIpc) is 2.17. The van der Waals surface area contributed by atoms with Crippen molar-refractivity contribution in [2.75, 3.05) is 13.1 Å². The summed E-state index contributed by atoms with van der Waals surface area (Å²) in [6.45, 7) is 16.9. The third-order valence-corrected chi connectivity index (χ3v) is 3.40. The van der Waals surface area contributed by atoms with Crippen LogP contribution in [0.2, 0.25) is 0 Å². The van der Waals surface area contributed by atoms with Crippen LogP contribution >= 0.6 is 0 Å². The minimum atomic E-state index is 0.0509. The van der Waals surface area contributed by atoms with E-state index in [1.165, 1.54) is 0 Å². The zero-order chi connectivity index (χ0) is 11.4. The number of likely N-dealkylation sites (N-methyl/N-ethyl adjacent to an activating group) is 1. The fraction of sp³-hybridized carbons (Fsp3) is 0.833. The number of hydrogen-bond acceptors (Lipinski definition) is 2. The number of nitrogens with two attached hydrogens (primary N) is 1. The van der Waals surface area contributed by atoms with E-state index in [1.807, 2.05) is 6.92 Å². The summed E-state index contributed by atoms with van der Waals surface area (Å²) in [6, 6.07) is 0.0624. The molecule has 84 valence electrons. The molecule has 2 N–H and O–H groups in total. The standard InChI is InChI=1S/C12H26N2/c1-7-12(6,11(13)10(4)5)14(8-2)9-3/h11H,4,7-9,13H2,1-3,5-6H3. The van der Waals surface area contributed by atoms with Crippen molar-refractivity contribution in [1.82, 2.24) is 4.90 Å². The fourth-order valence-corrected chi connectivity index (χ4v) is 2.12. The van der Waals surface area contributed by atoms with Crippen molar-refractivity contribution >= 4 is 0 Å². The highest BCUT2D eigenvalue weighted by Crippen LogP contribution is 2.25. The molecule has 0 aromatic heterocycles. The fourth-order valence-electron chi connectivity index (χ4n) is 2.12. The van der Waals surface area contributed by atoms with Gasteiger partial charge in [0.05, 0.1) is 0 Å². The summed E-state index contributed by atoms with van der Waals surface area (Å²) in [5.41, 5.74) is 7.34. The SMILES string of the molecule is C=C(C)C(N)C(C)(CC)N(CC)CC. The van der Waals surface area contributed by atoms with Gasteiger partial charge in [-0.25, -0.2) is 0 Å². The van der Waals surface area contributed by atoms with Crippen molar-refractivity contribution in [3.63, 3.8) is 0 Å². The maximum absolute atomic E-state index is 6.22. The van der Waals surface area contributed by atoms with E-state index in [0.717, 1.165) is 25.1 Å². The quantitative estimate of drug-likeness (QED) is 0.664. The third-order valence-electron chi connectivity index (χ3n) is 3.40. The lowest BCUT2D eigenvalue weighted by Crippen LogP contribution is -2.58. The third kappa shape index (κ3) is 2.58. The zero-order valence-corrected chi connectivity index (χ0v) is 10.4. The first-order valence-electron chi connectivity index (χ1n) is 5.60. The monoisotopic (exact) mass is 198 g/mol. The Hall–Kier alpha value is -0.340. The summed E-state index contributed by atoms with van der Waals surface area (Å²) in [4.78, 5) is 2.42. The van der Waals surface area contributed by atoms with Crippen LogP contribution in [0.25, 0.3) is 0 Å². The lowest BCUT2D eigenvalue weighted by Gasteiger charge is -2.44. The van der Waals surface area contributed by atoms with Gasteiger partial charge in [0, 0.05) is 11.6 Å². The second-order valence-corrected chi connectivity index (χ2v) is 4.21. The number of rotatable bonds is 6. The molecule has 0 saturated carbocycles. The van der Waals surface area contributed by atoms with Crippen LogP contribution in [0.5, 0.6) is 0 Å². The van der Waals surface area contributed by atoms with Crippen molar-refractivity contribution in [3.05, 3.63) is 12.2 Å². The van der Waals surface area contributed by atoms with E-state index in [1.54, 1.807) is 0 Å². The lowest BCUT2D eigenvalue weighted by atomic mass is 9.84. The average molecular weight is 198 g/mol. The van der Waals surface area contributed by atoms with Gasteiger partial charge in [0.1, 0.15) is 0 Å². The van der Waals surface area contributed by atoms with Crippen LogP contribution in [0.1, 0.15) is 41.0 Å². The van der Waals surface area contributed by atoms with Gasteiger partial charge in [0.25, 0.3) is 0 Å². The largest absolute Gasteiger partial charge is 0.323 e. The molecule has 0 aliphatic heterocycles. The smallest absolute Gasteiger partial charge is 0.0433 e. The summed E-state index contributed by atoms with van der Waals surface area (Å²) in [6.07, 6.45) is 1.06. The van der Waals surface area contributed by atoms with Crippen LogP contribution in [0.15, 0.2) is 12.2 Å². The minimum Gasteiger partial charge on any atom is -0.323 e. The molecule has 0 radical (unpaired) electrons. The van der Waals surface area contributed by atoms with E-state index in [0.29, 0.717) is 0 Å². The Kier molecular flexibility index (Phi) is 5.38. The summed E-state index contributed by atoms with van der Waals surface area (Å²) < 4.78 is 0. The van der Waals surface area contributed by atoms with Crippen LogP contribution in [-0.2, 0) is 0 Å². The van der Waals surface area contributed by atoms with Gasteiger partial charge in [-0.2, -0.15) is 0 Å². The van der Waals surface area contributed by atoms with Crippen molar-refractivity contribution in [2.24, 2.45) is 5.73 Å². The molecule has 2 unspecified atom stereocenters. The molecule has 2 heteroatoms. The predicted octanol–water partition coefficient (Wildman–Crippen LogP) is 2.40. The molecule has 0 amide bonds. The van der Waals surface area contributed by atoms with E-state index >= 15 is 0 Å². The first-order chi connectivity index (χ1) is 6.43. The van der Waals surface area contributed by atoms with Crippen LogP contribution in [-0.4, -0.2) is 29.6 Å². The molecule has 2 atom stereocenters. The molecule has 0 saturated heterocycles. The highest BCUT2D eigenvalue weighted by atomic mass is 15.2. The molecule has 2 nitrogen and oxygen atoms in total. The van der Waals surface area contributed by atoms with Gasteiger partial charge < -0.3 is 5.73 Å². The maximum atomic E-state index is 6.22. The van der Waals surface area contributed by atoms with Gasteiger partial charge in [-0.1, -0.05) is 32.9 Å². The van der Waals surface area contributed by atoms with Crippen LogP contribution in [0, 0.1) is 0 Å². The van der Waals surface area contributed by atoms with Gasteiger partial charge in [-0.15, -0.1) is 0 Å². The minimum absolute atomic E-state index is 0.0509. The van der Waals surface area contributed by atoms with Crippen LogP contribution < -0.4 is 5.73 Å². The molecule has 0 spiro atoms. The van der Waals surface area contributed by atoms with Crippen LogP contribution in [0.3, 0.4) is 0 Å². The van der Waals surface area contributed by atoms with Gasteiger partial charge >= 0.3 is 0 Å². The van der Waals surface area contributed by atoms with Gasteiger partial charge in [0.15, 0.2) is 0 Å². The Labute approximate surface area is 89.2 Å². The number of nitrogens with zero attached hydrogens (tertiary/aromatic N) is 1. The molecular formula is C12H26N2. The molecule has 0 aliphatic carbocycles. The Morgan fingerprint density at radius 2 is 1.79 bits per heavy atom. The molecule has 0 rings (SSSR count). The molecule has 0 heterocycles. The van der Waals surface area contributed by atoms with Gasteiger partial charge in [0.2, 0.25) is 0 Å². The second-order valence-electron chi connectivity index (χ2n) is 4.21. The first kappa shape index (κ1) is 13.7. The highest BCUT2D eigenvalue weighted by Gasteiger charge is 2.34. The van der Waals surface area contributed by atoms with E-state index in [2.05, 4.69) is 39.2 Å². The normalized spacial score (nSPS) is 17.9. The van der Waals surface area contributed by atoms with E-state index < -0.39 is 0 Å². The molecule has 0 aromatic rings. The molecule has 14 heavy (non-hydrogen) atoms. The van der Waals surface area contributed by atoms with E-state index in [4.69, 9.17) is 5.73 Å². The molecule has 0 fully saturated rings. The van der Waals surface area contributed by atoms with Gasteiger partial charge in [-0.05, 0) is 33.4 Å². The molecular weight excluding hydrogens is 172 g/mol. The van der Waals surface area contributed by atoms with Crippen LogP contribution in [0.4, 0.5) is 0 Å².